The van der Waals surface area contributed by atoms with Crippen LogP contribution in [0.25, 0.3) is 10.9 Å². The molecule has 0 saturated carbocycles. The van der Waals surface area contributed by atoms with Gasteiger partial charge in [-0.15, -0.1) is 0 Å². The summed E-state index contributed by atoms with van der Waals surface area (Å²) in [5.41, 5.74) is 3.99. The second-order valence-corrected chi connectivity index (χ2v) is 8.49. The molecule has 1 amide bonds. The Morgan fingerprint density at radius 1 is 1.25 bits per heavy atom. The van der Waals surface area contributed by atoms with Crippen LogP contribution in [0.2, 0.25) is 0 Å². The van der Waals surface area contributed by atoms with Crippen molar-refractivity contribution >= 4 is 16.8 Å². The Morgan fingerprint density at radius 3 is 2.96 bits per heavy atom. The zero-order valence-electron chi connectivity index (χ0n) is 14.5. The van der Waals surface area contributed by atoms with Crippen LogP contribution in [0.3, 0.4) is 0 Å². The maximum atomic E-state index is 12.6. The van der Waals surface area contributed by atoms with E-state index < -0.39 is 0 Å². The number of rotatable bonds is 0. The normalized spacial score (nSPS) is 30.8. The van der Waals surface area contributed by atoms with Gasteiger partial charge in [-0.1, -0.05) is 32.0 Å². The van der Waals surface area contributed by atoms with E-state index >= 15 is 0 Å². The molecule has 5 rings (SSSR count). The van der Waals surface area contributed by atoms with Crippen LogP contribution in [0.1, 0.15) is 50.3 Å². The van der Waals surface area contributed by atoms with Gasteiger partial charge in [0.05, 0.1) is 5.52 Å². The van der Waals surface area contributed by atoms with Crippen LogP contribution in [-0.2, 0) is 11.2 Å². The number of fused-ring (bicyclic) bond motifs is 3. The van der Waals surface area contributed by atoms with Crippen LogP contribution in [0.5, 0.6) is 0 Å². The lowest BCUT2D eigenvalue weighted by Gasteiger charge is -2.44. The molecule has 2 fully saturated rings. The molecule has 0 radical (unpaired) electrons. The summed E-state index contributed by atoms with van der Waals surface area (Å²) in [6.07, 6.45) is 3.81. The number of hydrogen-bond donors (Lipinski definition) is 0. The van der Waals surface area contributed by atoms with Crippen molar-refractivity contribution in [3.8, 4) is 0 Å². The molecule has 3 heteroatoms. The highest BCUT2D eigenvalue weighted by Crippen LogP contribution is 2.52. The van der Waals surface area contributed by atoms with E-state index in [1.165, 1.54) is 16.6 Å². The van der Waals surface area contributed by atoms with Gasteiger partial charge < -0.3 is 4.90 Å². The molecule has 24 heavy (non-hydrogen) atoms. The van der Waals surface area contributed by atoms with Gasteiger partial charge in [-0.05, 0) is 48.3 Å². The van der Waals surface area contributed by atoms with E-state index in [2.05, 4.69) is 49.1 Å². The number of amides is 1. The molecule has 1 aromatic carbocycles. The van der Waals surface area contributed by atoms with Crippen molar-refractivity contribution in [2.75, 3.05) is 6.54 Å². The SMILES string of the molecule is CC1(C)CCC(=O)N2CC[C@H]3c4cc5ccccc5nc4C[C@@H]1[C@H]32. The Kier molecular flexibility index (Phi) is 2.89. The average molecular weight is 320 g/mol. The summed E-state index contributed by atoms with van der Waals surface area (Å²) < 4.78 is 0. The Bertz CT molecular complexity index is 841. The van der Waals surface area contributed by atoms with Crippen LogP contribution < -0.4 is 0 Å². The number of pyridine rings is 1. The third kappa shape index (κ3) is 1.90. The predicted octanol–water partition coefficient (Wildman–Crippen LogP) is 3.91. The number of nitrogens with zero attached hydrogens (tertiary/aromatic N) is 2. The number of benzene rings is 1. The molecule has 0 unspecified atom stereocenters. The lowest BCUT2D eigenvalue weighted by atomic mass is 9.64. The zero-order valence-corrected chi connectivity index (χ0v) is 14.5. The molecule has 0 spiro atoms. The first-order valence-electron chi connectivity index (χ1n) is 9.23. The fraction of sp³-hybridized carbons (Fsp3) is 0.524. The van der Waals surface area contributed by atoms with Gasteiger partial charge in [-0.25, -0.2) is 0 Å². The van der Waals surface area contributed by atoms with Gasteiger partial charge in [0.2, 0.25) is 5.91 Å². The lowest BCUT2D eigenvalue weighted by molar-refractivity contribution is -0.132. The third-order valence-corrected chi connectivity index (χ3v) is 6.82. The summed E-state index contributed by atoms with van der Waals surface area (Å²) in [5.74, 6) is 1.37. The first kappa shape index (κ1) is 14.4. The van der Waals surface area contributed by atoms with Crippen molar-refractivity contribution < 1.29 is 4.79 Å². The first-order valence-corrected chi connectivity index (χ1v) is 9.23. The van der Waals surface area contributed by atoms with E-state index in [-0.39, 0.29) is 5.41 Å². The lowest BCUT2D eigenvalue weighted by Crippen LogP contribution is -2.47. The topological polar surface area (TPSA) is 33.2 Å². The van der Waals surface area contributed by atoms with Crippen molar-refractivity contribution in [1.29, 1.82) is 0 Å². The van der Waals surface area contributed by atoms with Crippen LogP contribution in [-0.4, -0.2) is 28.4 Å². The highest BCUT2D eigenvalue weighted by atomic mass is 16.2. The Morgan fingerprint density at radius 2 is 2.08 bits per heavy atom. The molecule has 0 bridgehead atoms. The second-order valence-electron chi connectivity index (χ2n) is 8.49. The van der Waals surface area contributed by atoms with E-state index in [0.29, 0.717) is 30.2 Å². The van der Waals surface area contributed by atoms with Crippen molar-refractivity contribution in [3.63, 3.8) is 0 Å². The number of hydrogen-bond acceptors (Lipinski definition) is 2. The van der Waals surface area contributed by atoms with Crippen LogP contribution >= 0.6 is 0 Å². The summed E-state index contributed by atoms with van der Waals surface area (Å²) in [4.78, 5) is 19.9. The summed E-state index contributed by atoms with van der Waals surface area (Å²) in [6.45, 7) is 5.64. The largest absolute Gasteiger partial charge is 0.339 e. The maximum absolute atomic E-state index is 12.6. The molecule has 3 atom stereocenters. The Balaban J connectivity index is 1.70. The number of aromatic nitrogens is 1. The van der Waals surface area contributed by atoms with Crippen LogP contribution in [0, 0.1) is 11.3 Å². The Hall–Kier alpha value is -1.90. The second kappa shape index (κ2) is 4.81. The predicted molar refractivity (Wildman–Crippen MR) is 94.8 cm³/mol. The number of carbonyl (C=O) groups is 1. The molecule has 3 heterocycles. The molecular formula is C21H24N2O. The summed E-state index contributed by atoms with van der Waals surface area (Å²) in [5, 5.41) is 1.23. The molecule has 124 valence electrons. The van der Waals surface area contributed by atoms with Gasteiger partial charge >= 0.3 is 0 Å². The number of carbonyl (C=O) groups excluding carboxylic acids is 1. The van der Waals surface area contributed by atoms with Gasteiger partial charge in [0.25, 0.3) is 0 Å². The van der Waals surface area contributed by atoms with E-state index in [0.717, 1.165) is 31.3 Å². The summed E-state index contributed by atoms with van der Waals surface area (Å²) in [6, 6.07) is 11.2. The molecule has 3 nitrogen and oxygen atoms in total. The van der Waals surface area contributed by atoms with Crippen LogP contribution in [0.15, 0.2) is 30.3 Å². The minimum atomic E-state index is 0.197. The molecule has 0 N–H and O–H groups in total. The van der Waals surface area contributed by atoms with Crippen molar-refractivity contribution in [2.24, 2.45) is 11.3 Å². The number of para-hydroxylation sites is 1. The highest BCUT2D eigenvalue weighted by Gasteiger charge is 2.52. The molecule has 1 aromatic heterocycles. The van der Waals surface area contributed by atoms with Crippen LogP contribution in [0.4, 0.5) is 0 Å². The van der Waals surface area contributed by atoms with Crippen molar-refractivity contribution in [3.05, 3.63) is 41.6 Å². The smallest absolute Gasteiger partial charge is 0.222 e. The third-order valence-electron chi connectivity index (χ3n) is 6.82. The minimum absolute atomic E-state index is 0.197. The summed E-state index contributed by atoms with van der Waals surface area (Å²) >= 11 is 0. The van der Waals surface area contributed by atoms with Gasteiger partial charge in [-0.3, -0.25) is 9.78 Å². The molecule has 2 aliphatic heterocycles. The summed E-state index contributed by atoms with van der Waals surface area (Å²) in [7, 11) is 0. The Labute approximate surface area is 143 Å². The molecular weight excluding hydrogens is 296 g/mol. The van der Waals surface area contributed by atoms with E-state index in [1.54, 1.807) is 0 Å². The average Bonchev–Trinajstić information content (AvgIpc) is 2.99. The molecule has 2 saturated heterocycles. The van der Waals surface area contributed by atoms with Gasteiger partial charge in [0.15, 0.2) is 0 Å². The minimum Gasteiger partial charge on any atom is -0.339 e. The fourth-order valence-electron chi connectivity index (χ4n) is 5.43. The monoisotopic (exact) mass is 320 g/mol. The van der Waals surface area contributed by atoms with Gasteiger partial charge in [0, 0.05) is 36.0 Å². The van der Waals surface area contributed by atoms with Gasteiger partial charge in [0.1, 0.15) is 0 Å². The quantitative estimate of drug-likeness (QED) is 0.737. The zero-order chi connectivity index (χ0) is 16.5. The fourth-order valence-corrected chi connectivity index (χ4v) is 5.43. The maximum Gasteiger partial charge on any atom is 0.222 e. The van der Waals surface area contributed by atoms with E-state index in [9.17, 15) is 4.79 Å². The molecule has 3 aliphatic rings. The standard InChI is InChI=1S/C21H24N2O/c1-21(2)9-7-19(24)23-10-8-14-15-11-13-5-3-4-6-17(13)22-18(15)12-16(21)20(14)23/h3-6,11,14,16,20H,7-10,12H2,1-2H3/t14-,16+,20-/m0/s1. The molecule has 2 aromatic rings. The highest BCUT2D eigenvalue weighted by molar-refractivity contribution is 5.81. The van der Waals surface area contributed by atoms with E-state index in [4.69, 9.17) is 4.98 Å². The first-order chi connectivity index (χ1) is 11.5. The van der Waals surface area contributed by atoms with Crippen molar-refractivity contribution in [1.82, 2.24) is 9.88 Å². The van der Waals surface area contributed by atoms with E-state index in [1.807, 2.05) is 0 Å². The molecule has 1 aliphatic carbocycles. The van der Waals surface area contributed by atoms with Gasteiger partial charge in [-0.2, -0.15) is 0 Å². The van der Waals surface area contributed by atoms with Crippen molar-refractivity contribution in [2.45, 2.75) is 51.5 Å².